The van der Waals surface area contributed by atoms with Gasteiger partial charge in [0, 0.05) is 19.0 Å². The molecule has 1 amide bonds. The summed E-state index contributed by atoms with van der Waals surface area (Å²) < 4.78 is 5.22. The lowest BCUT2D eigenvalue weighted by molar-refractivity contribution is -0.134. The average Bonchev–Trinajstić information content (AvgIpc) is 3.56. The van der Waals surface area contributed by atoms with Gasteiger partial charge in [0.2, 0.25) is 5.91 Å². The molecule has 0 bridgehead atoms. The molecule has 3 rings (SSSR count). The fourth-order valence-electron chi connectivity index (χ4n) is 3.36. The Morgan fingerprint density at radius 3 is 2.33 bits per heavy atom. The van der Waals surface area contributed by atoms with Crippen LogP contribution >= 0.6 is 0 Å². The van der Waals surface area contributed by atoms with Gasteiger partial charge in [-0.05, 0) is 67.5 Å². The molecule has 1 fully saturated rings. The summed E-state index contributed by atoms with van der Waals surface area (Å²) in [4.78, 5) is 15.0. The maximum atomic E-state index is 13.0. The Labute approximate surface area is 161 Å². The van der Waals surface area contributed by atoms with Crippen LogP contribution in [0.4, 0.5) is 0 Å². The first-order valence-corrected chi connectivity index (χ1v) is 9.52. The summed E-state index contributed by atoms with van der Waals surface area (Å²) in [5.74, 6) is 1.64. The van der Waals surface area contributed by atoms with Gasteiger partial charge >= 0.3 is 0 Å². The zero-order valence-electron chi connectivity index (χ0n) is 16.0. The van der Waals surface area contributed by atoms with E-state index in [2.05, 4.69) is 13.0 Å². The van der Waals surface area contributed by atoms with Crippen LogP contribution in [0.3, 0.4) is 0 Å². The Morgan fingerprint density at radius 1 is 1.15 bits per heavy atom. The Kier molecular flexibility index (Phi) is 6.13. The number of nitrogens with zero attached hydrogens (tertiary/aromatic N) is 2. The number of nitriles is 1. The minimum atomic E-state index is 0.189. The molecule has 0 heterocycles. The van der Waals surface area contributed by atoms with Gasteiger partial charge in [0.15, 0.2) is 0 Å². The van der Waals surface area contributed by atoms with Gasteiger partial charge in [0.1, 0.15) is 5.75 Å². The van der Waals surface area contributed by atoms with Gasteiger partial charge in [-0.15, -0.1) is 0 Å². The van der Waals surface area contributed by atoms with Crippen LogP contribution in [0, 0.1) is 17.2 Å². The standard InChI is InChI=1S/C23H26N2O2/c1-17(21-10-11-21)25(16-20-7-12-22(27-2)13-8-20)23(26)14-9-18-3-5-19(15-24)6-4-18/h3-8,12-13,17,21H,9-11,14,16H2,1-2H3. The lowest BCUT2D eigenvalue weighted by Crippen LogP contribution is -2.39. The molecule has 4 heteroatoms. The molecule has 0 saturated heterocycles. The van der Waals surface area contributed by atoms with Crippen molar-refractivity contribution in [2.45, 2.75) is 45.2 Å². The van der Waals surface area contributed by atoms with Crippen molar-refractivity contribution in [1.82, 2.24) is 4.90 Å². The van der Waals surface area contributed by atoms with Crippen molar-refractivity contribution in [3.8, 4) is 11.8 Å². The molecule has 27 heavy (non-hydrogen) atoms. The summed E-state index contributed by atoms with van der Waals surface area (Å²) in [6, 6.07) is 17.8. The summed E-state index contributed by atoms with van der Waals surface area (Å²) >= 11 is 0. The third-order valence-corrected chi connectivity index (χ3v) is 5.34. The third-order valence-electron chi connectivity index (χ3n) is 5.34. The first kappa shape index (κ1) is 19.0. The van der Waals surface area contributed by atoms with Crippen molar-refractivity contribution in [3.05, 3.63) is 65.2 Å². The van der Waals surface area contributed by atoms with E-state index in [0.717, 1.165) is 16.9 Å². The van der Waals surface area contributed by atoms with Gasteiger partial charge in [0.05, 0.1) is 18.7 Å². The third kappa shape index (κ3) is 5.10. The van der Waals surface area contributed by atoms with E-state index in [0.29, 0.717) is 30.9 Å². The minimum Gasteiger partial charge on any atom is -0.497 e. The van der Waals surface area contributed by atoms with E-state index in [1.165, 1.54) is 12.8 Å². The molecule has 0 aliphatic heterocycles. The summed E-state index contributed by atoms with van der Waals surface area (Å²) in [7, 11) is 1.66. The van der Waals surface area contributed by atoms with Crippen molar-refractivity contribution in [2.24, 2.45) is 5.92 Å². The highest BCUT2D eigenvalue weighted by Crippen LogP contribution is 2.36. The molecular weight excluding hydrogens is 336 g/mol. The van der Waals surface area contributed by atoms with Crippen molar-refractivity contribution < 1.29 is 9.53 Å². The molecule has 1 atom stereocenters. The van der Waals surface area contributed by atoms with Gasteiger partial charge < -0.3 is 9.64 Å². The number of amides is 1. The lowest BCUT2D eigenvalue weighted by atomic mass is 10.1. The largest absolute Gasteiger partial charge is 0.497 e. The van der Waals surface area contributed by atoms with Gasteiger partial charge in [-0.3, -0.25) is 4.79 Å². The topological polar surface area (TPSA) is 53.3 Å². The number of carbonyl (C=O) groups excluding carboxylic acids is 1. The molecule has 0 radical (unpaired) electrons. The second-order valence-electron chi connectivity index (χ2n) is 7.26. The molecule has 140 valence electrons. The monoisotopic (exact) mass is 362 g/mol. The van der Waals surface area contributed by atoms with E-state index >= 15 is 0 Å². The van der Waals surface area contributed by atoms with Crippen molar-refractivity contribution in [1.29, 1.82) is 5.26 Å². The highest BCUT2D eigenvalue weighted by molar-refractivity contribution is 5.77. The molecule has 0 spiro atoms. The van der Waals surface area contributed by atoms with Crippen LogP contribution in [0.2, 0.25) is 0 Å². The van der Waals surface area contributed by atoms with Gasteiger partial charge in [0.25, 0.3) is 0 Å². The SMILES string of the molecule is COc1ccc(CN(C(=O)CCc2ccc(C#N)cc2)C(C)C2CC2)cc1. The van der Waals surface area contributed by atoms with E-state index in [1.54, 1.807) is 7.11 Å². The first-order chi connectivity index (χ1) is 13.1. The second kappa shape index (κ2) is 8.73. The highest BCUT2D eigenvalue weighted by Gasteiger charge is 2.34. The van der Waals surface area contributed by atoms with E-state index < -0.39 is 0 Å². The summed E-state index contributed by atoms with van der Waals surface area (Å²) in [5.41, 5.74) is 2.86. The van der Waals surface area contributed by atoms with Gasteiger partial charge in [-0.2, -0.15) is 5.26 Å². The molecule has 1 aliphatic rings. The Bertz CT molecular complexity index is 802. The van der Waals surface area contributed by atoms with E-state index in [4.69, 9.17) is 10.00 Å². The maximum absolute atomic E-state index is 13.0. The van der Waals surface area contributed by atoms with Crippen LogP contribution in [0.25, 0.3) is 0 Å². The van der Waals surface area contributed by atoms with Gasteiger partial charge in [-0.1, -0.05) is 24.3 Å². The maximum Gasteiger partial charge on any atom is 0.223 e. The predicted octanol–water partition coefficient (Wildman–Crippen LogP) is 4.33. The number of benzene rings is 2. The Hall–Kier alpha value is -2.80. The zero-order valence-corrected chi connectivity index (χ0v) is 16.0. The molecule has 0 aromatic heterocycles. The molecule has 1 unspecified atom stereocenters. The predicted molar refractivity (Wildman–Crippen MR) is 105 cm³/mol. The van der Waals surface area contributed by atoms with Crippen molar-refractivity contribution >= 4 is 5.91 Å². The van der Waals surface area contributed by atoms with E-state index in [9.17, 15) is 4.79 Å². The van der Waals surface area contributed by atoms with Crippen molar-refractivity contribution in [3.63, 3.8) is 0 Å². The Balaban J connectivity index is 1.65. The van der Waals surface area contributed by atoms with Gasteiger partial charge in [-0.25, -0.2) is 0 Å². The van der Waals surface area contributed by atoms with E-state index in [1.807, 2.05) is 53.4 Å². The first-order valence-electron chi connectivity index (χ1n) is 9.52. The molecule has 2 aromatic rings. The number of rotatable bonds is 8. The normalized spacial score (nSPS) is 14.3. The van der Waals surface area contributed by atoms with Crippen molar-refractivity contribution in [2.75, 3.05) is 7.11 Å². The summed E-state index contributed by atoms with van der Waals surface area (Å²) in [6.45, 7) is 2.80. The molecule has 1 saturated carbocycles. The summed E-state index contributed by atoms with van der Waals surface area (Å²) in [5, 5.41) is 8.89. The Morgan fingerprint density at radius 2 is 1.78 bits per heavy atom. The second-order valence-corrected chi connectivity index (χ2v) is 7.26. The van der Waals surface area contributed by atoms with Crippen LogP contribution < -0.4 is 4.74 Å². The molecule has 0 N–H and O–H groups in total. The number of carbonyl (C=O) groups is 1. The fourth-order valence-corrected chi connectivity index (χ4v) is 3.36. The number of ether oxygens (including phenoxy) is 1. The summed E-state index contributed by atoms with van der Waals surface area (Å²) in [6.07, 6.45) is 3.60. The van der Waals surface area contributed by atoms with Crippen LogP contribution in [0.15, 0.2) is 48.5 Å². The van der Waals surface area contributed by atoms with Crippen LogP contribution in [0.5, 0.6) is 5.75 Å². The zero-order chi connectivity index (χ0) is 19.2. The molecule has 2 aromatic carbocycles. The average molecular weight is 362 g/mol. The quantitative estimate of drug-likeness (QED) is 0.702. The lowest BCUT2D eigenvalue weighted by Gasteiger charge is -2.30. The molecule has 4 nitrogen and oxygen atoms in total. The van der Waals surface area contributed by atoms with Crippen LogP contribution in [-0.4, -0.2) is 24.0 Å². The number of hydrogen-bond donors (Lipinski definition) is 0. The number of methoxy groups -OCH3 is 1. The van der Waals surface area contributed by atoms with Crippen LogP contribution in [-0.2, 0) is 17.8 Å². The smallest absolute Gasteiger partial charge is 0.223 e. The molecule has 1 aliphatic carbocycles. The van der Waals surface area contributed by atoms with Crippen LogP contribution in [0.1, 0.15) is 42.9 Å². The number of aryl methyl sites for hydroxylation is 1. The molecular formula is C23H26N2O2. The number of hydrogen-bond acceptors (Lipinski definition) is 3. The minimum absolute atomic E-state index is 0.189. The fraction of sp³-hybridized carbons (Fsp3) is 0.391. The highest BCUT2D eigenvalue weighted by atomic mass is 16.5. The van der Waals surface area contributed by atoms with E-state index in [-0.39, 0.29) is 11.9 Å².